The largest absolute Gasteiger partial charge is 0.384 e. The van der Waals surface area contributed by atoms with Crippen LogP contribution in [0.5, 0.6) is 0 Å². The first-order valence-electron chi connectivity index (χ1n) is 8.08. The molecule has 0 bridgehead atoms. The average Bonchev–Trinajstić information content (AvgIpc) is 2.94. The van der Waals surface area contributed by atoms with Gasteiger partial charge in [-0.3, -0.25) is 0 Å². The van der Waals surface area contributed by atoms with Crippen molar-refractivity contribution in [2.75, 3.05) is 11.9 Å². The molecule has 1 nitrogen and oxygen atoms in total. The normalized spacial score (nSPS) is 13.6. The van der Waals surface area contributed by atoms with Crippen molar-refractivity contribution < 1.29 is 0 Å². The van der Waals surface area contributed by atoms with Gasteiger partial charge in [0, 0.05) is 12.2 Å². The second-order valence-corrected chi connectivity index (χ2v) is 6.66. The maximum absolute atomic E-state index is 3.49. The molecule has 1 N–H and O–H groups in total. The minimum Gasteiger partial charge on any atom is -0.384 e. The lowest BCUT2D eigenvalue weighted by molar-refractivity contribution is 0.835. The fraction of sp³-hybridized carbons (Fsp3) is 0.400. The van der Waals surface area contributed by atoms with Crippen molar-refractivity contribution in [3.63, 3.8) is 0 Å². The molecule has 21 heavy (non-hydrogen) atoms. The number of anilines is 1. The van der Waals surface area contributed by atoms with Gasteiger partial charge >= 0.3 is 0 Å². The van der Waals surface area contributed by atoms with Gasteiger partial charge in [0.1, 0.15) is 0 Å². The van der Waals surface area contributed by atoms with E-state index in [1.165, 1.54) is 33.5 Å². The molecule has 1 aliphatic rings. The van der Waals surface area contributed by atoms with Crippen LogP contribution in [-0.4, -0.2) is 6.54 Å². The second-order valence-electron chi connectivity index (χ2n) is 6.66. The van der Waals surface area contributed by atoms with Gasteiger partial charge in [-0.1, -0.05) is 58.0 Å². The summed E-state index contributed by atoms with van der Waals surface area (Å²) in [7, 11) is 0. The summed E-state index contributed by atoms with van der Waals surface area (Å²) in [5, 5.41) is 3.49. The van der Waals surface area contributed by atoms with Crippen LogP contribution in [0, 0.1) is 0 Å². The Morgan fingerprint density at radius 2 is 1.71 bits per heavy atom. The van der Waals surface area contributed by atoms with Gasteiger partial charge in [-0.05, 0) is 52.1 Å². The highest BCUT2D eigenvalue weighted by molar-refractivity contribution is 5.78. The Morgan fingerprint density at radius 3 is 2.43 bits per heavy atom. The summed E-state index contributed by atoms with van der Waals surface area (Å²) in [6.45, 7) is 10.2. The molecule has 0 unspecified atom stereocenters. The lowest BCUT2D eigenvalue weighted by atomic mass is 9.86. The molecule has 0 atom stereocenters. The molecule has 0 saturated carbocycles. The smallest absolute Gasteiger partial charge is 0.0379 e. The van der Waals surface area contributed by atoms with E-state index < -0.39 is 0 Å². The van der Waals surface area contributed by atoms with Crippen LogP contribution < -0.4 is 5.32 Å². The first-order valence-corrected chi connectivity index (χ1v) is 8.08. The molecule has 1 heterocycles. The molecule has 0 spiro atoms. The van der Waals surface area contributed by atoms with E-state index in [-0.39, 0.29) is 0 Å². The molecular weight excluding hydrogens is 254 g/mol. The number of nitrogens with one attached hydrogen (secondary N) is 1. The Morgan fingerprint density at radius 1 is 0.905 bits per heavy atom. The molecule has 2 aromatic carbocycles. The summed E-state index contributed by atoms with van der Waals surface area (Å²) in [5.74, 6) is 1.13. The molecule has 1 heteroatoms. The molecule has 0 amide bonds. The van der Waals surface area contributed by atoms with Crippen LogP contribution in [0.2, 0.25) is 0 Å². The molecule has 0 aromatic heterocycles. The second kappa shape index (κ2) is 5.55. The summed E-state index contributed by atoms with van der Waals surface area (Å²) >= 11 is 0. The highest BCUT2D eigenvalue weighted by Crippen LogP contribution is 2.37. The van der Waals surface area contributed by atoms with Gasteiger partial charge in [-0.15, -0.1) is 0 Å². The third kappa shape index (κ3) is 2.57. The van der Waals surface area contributed by atoms with E-state index in [2.05, 4.69) is 69.4 Å². The van der Waals surface area contributed by atoms with E-state index in [0.29, 0.717) is 11.8 Å². The molecule has 110 valence electrons. The minimum atomic E-state index is 0.545. The SMILES string of the molecule is CC(C)c1ccc(-c2cccc3c2CCN3)c(C(C)C)c1. The van der Waals surface area contributed by atoms with Crippen molar-refractivity contribution in [2.24, 2.45) is 0 Å². The summed E-state index contributed by atoms with van der Waals surface area (Å²) in [5.41, 5.74) is 8.54. The van der Waals surface area contributed by atoms with Crippen LogP contribution in [0.4, 0.5) is 5.69 Å². The van der Waals surface area contributed by atoms with E-state index >= 15 is 0 Å². The van der Waals surface area contributed by atoms with Crippen LogP contribution in [0.3, 0.4) is 0 Å². The number of hydrogen-bond donors (Lipinski definition) is 1. The van der Waals surface area contributed by atoms with Crippen LogP contribution in [0.1, 0.15) is 56.2 Å². The van der Waals surface area contributed by atoms with E-state index in [0.717, 1.165) is 13.0 Å². The van der Waals surface area contributed by atoms with E-state index in [4.69, 9.17) is 0 Å². The van der Waals surface area contributed by atoms with Crippen molar-refractivity contribution in [3.05, 3.63) is 53.1 Å². The lowest BCUT2D eigenvalue weighted by Gasteiger charge is -2.18. The van der Waals surface area contributed by atoms with Crippen molar-refractivity contribution >= 4 is 5.69 Å². The molecule has 0 aliphatic carbocycles. The van der Waals surface area contributed by atoms with E-state index in [1.807, 2.05) is 0 Å². The highest BCUT2D eigenvalue weighted by atomic mass is 14.9. The zero-order valence-electron chi connectivity index (χ0n) is 13.5. The molecule has 0 fully saturated rings. The predicted molar refractivity (Wildman–Crippen MR) is 92.2 cm³/mol. The van der Waals surface area contributed by atoms with Gasteiger partial charge in [-0.25, -0.2) is 0 Å². The lowest BCUT2D eigenvalue weighted by Crippen LogP contribution is -1.98. The van der Waals surface area contributed by atoms with Crippen molar-refractivity contribution in [1.29, 1.82) is 0 Å². The average molecular weight is 279 g/mol. The Labute approximate surface area is 128 Å². The van der Waals surface area contributed by atoms with Crippen LogP contribution in [0.25, 0.3) is 11.1 Å². The number of rotatable bonds is 3. The van der Waals surface area contributed by atoms with Gasteiger partial charge < -0.3 is 5.32 Å². The van der Waals surface area contributed by atoms with E-state index in [9.17, 15) is 0 Å². The summed E-state index contributed by atoms with van der Waals surface area (Å²) in [4.78, 5) is 0. The fourth-order valence-electron chi connectivity index (χ4n) is 3.26. The number of hydrogen-bond acceptors (Lipinski definition) is 1. The third-order valence-corrected chi connectivity index (χ3v) is 4.52. The molecule has 2 aromatic rings. The van der Waals surface area contributed by atoms with Crippen molar-refractivity contribution in [3.8, 4) is 11.1 Å². The quantitative estimate of drug-likeness (QED) is 0.774. The van der Waals surface area contributed by atoms with Gasteiger partial charge in [0.2, 0.25) is 0 Å². The Kier molecular flexibility index (Phi) is 3.75. The van der Waals surface area contributed by atoms with Crippen LogP contribution in [-0.2, 0) is 6.42 Å². The van der Waals surface area contributed by atoms with Crippen LogP contribution in [0.15, 0.2) is 36.4 Å². The Balaban J connectivity index is 2.17. The zero-order valence-corrected chi connectivity index (χ0v) is 13.5. The maximum atomic E-state index is 3.49. The topological polar surface area (TPSA) is 12.0 Å². The van der Waals surface area contributed by atoms with Gasteiger partial charge in [0.15, 0.2) is 0 Å². The third-order valence-electron chi connectivity index (χ3n) is 4.52. The van der Waals surface area contributed by atoms with Crippen LogP contribution >= 0.6 is 0 Å². The fourth-order valence-corrected chi connectivity index (χ4v) is 3.26. The predicted octanol–water partition coefficient (Wildman–Crippen LogP) is 5.57. The molecule has 3 rings (SSSR count). The Hall–Kier alpha value is -1.76. The maximum Gasteiger partial charge on any atom is 0.0379 e. The monoisotopic (exact) mass is 279 g/mol. The zero-order chi connectivity index (χ0) is 15.0. The van der Waals surface area contributed by atoms with E-state index in [1.54, 1.807) is 0 Å². The molecule has 0 radical (unpaired) electrons. The number of fused-ring (bicyclic) bond motifs is 1. The number of benzene rings is 2. The summed E-state index contributed by atoms with van der Waals surface area (Å²) in [6, 6.07) is 13.7. The van der Waals surface area contributed by atoms with Crippen molar-refractivity contribution in [2.45, 2.75) is 46.0 Å². The van der Waals surface area contributed by atoms with Crippen molar-refractivity contribution in [1.82, 2.24) is 0 Å². The standard InChI is InChI=1S/C20H25N/c1-13(2)15-8-9-17(19(12-15)14(3)4)16-6-5-7-20-18(16)10-11-21-20/h5-9,12-14,21H,10-11H2,1-4H3. The summed E-state index contributed by atoms with van der Waals surface area (Å²) < 4.78 is 0. The molecule has 1 aliphatic heterocycles. The van der Waals surface area contributed by atoms with Gasteiger partial charge in [-0.2, -0.15) is 0 Å². The first kappa shape index (κ1) is 14.2. The summed E-state index contributed by atoms with van der Waals surface area (Å²) in [6.07, 6.45) is 1.13. The minimum absolute atomic E-state index is 0.545. The molecule has 0 saturated heterocycles. The van der Waals surface area contributed by atoms with Gasteiger partial charge in [0.25, 0.3) is 0 Å². The van der Waals surface area contributed by atoms with Gasteiger partial charge in [0.05, 0.1) is 0 Å². The Bertz CT molecular complexity index is 653. The molecular formula is C20H25N. The first-order chi connectivity index (χ1) is 10.1. The highest BCUT2D eigenvalue weighted by Gasteiger charge is 2.18.